The molecule has 0 radical (unpaired) electrons. The van der Waals surface area contributed by atoms with E-state index in [1.807, 2.05) is 19.2 Å². The zero-order chi connectivity index (χ0) is 13.5. The maximum absolute atomic E-state index is 13.5. The molecule has 0 fully saturated rings. The number of thioether (sulfide) groups is 1. The summed E-state index contributed by atoms with van der Waals surface area (Å²) < 4.78 is 13.5. The van der Waals surface area contributed by atoms with Crippen molar-refractivity contribution in [2.45, 2.75) is 13.5 Å². The van der Waals surface area contributed by atoms with Gasteiger partial charge in [0.1, 0.15) is 5.82 Å². The maximum Gasteiger partial charge on any atom is 0.223 e. The SMILES string of the molecule is CSCC(C)C(=O)NCc1ccc(C#N)cc1F. The third-order valence-electron chi connectivity index (χ3n) is 2.50. The van der Waals surface area contributed by atoms with Gasteiger partial charge in [-0.3, -0.25) is 4.79 Å². The number of halogens is 1. The summed E-state index contributed by atoms with van der Waals surface area (Å²) >= 11 is 1.60. The van der Waals surface area contributed by atoms with E-state index in [2.05, 4.69) is 5.32 Å². The topological polar surface area (TPSA) is 52.9 Å². The normalized spacial score (nSPS) is 11.7. The van der Waals surface area contributed by atoms with Crippen LogP contribution in [0.3, 0.4) is 0 Å². The van der Waals surface area contributed by atoms with Crippen LogP contribution < -0.4 is 5.32 Å². The van der Waals surface area contributed by atoms with E-state index < -0.39 is 5.82 Å². The molecule has 0 spiro atoms. The first kappa shape index (κ1) is 14.5. The molecule has 0 heterocycles. The molecule has 1 N–H and O–H groups in total. The minimum Gasteiger partial charge on any atom is -0.352 e. The van der Waals surface area contributed by atoms with Crippen LogP contribution in [-0.2, 0) is 11.3 Å². The fraction of sp³-hybridized carbons (Fsp3) is 0.385. The fourth-order valence-electron chi connectivity index (χ4n) is 1.44. The molecule has 0 aromatic heterocycles. The van der Waals surface area contributed by atoms with Crippen molar-refractivity contribution in [3.05, 3.63) is 35.1 Å². The second-order valence-corrected chi connectivity index (χ2v) is 4.90. The largest absolute Gasteiger partial charge is 0.352 e. The summed E-state index contributed by atoms with van der Waals surface area (Å²) in [6, 6.07) is 6.10. The summed E-state index contributed by atoms with van der Waals surface area (Å²) in [7, 11) is 0. The van der Waals surface area contributed by atoms with E-state index in [-0.39, 0.29) is 23.9 Å². The molecule has 96 valence electrons. The van der Waals surface area contributed by atoms with Gasteiger partial charge in [-0.05, 0) is 18.4 Å². The van der Waals surface area contributed by atoms with E-state index >= 15 is 0 Å². The first-order valence-electron chi connectivity index (χ1n) is 5.53. The molecule has 1 aromatic carbocycles. The molecular formula is C13H15FN2OS. The van der Waals surface area contributed by atoms with Gasteiger partial charge in [-0.1, -0.05) is 13.0 Å². The van der Waals surface area contributed by atoms with Gasteiger partial charge in [0.2, 0.25) is 5.91 Å². The molecular weight excluding hydrogens is 251 g/mol. The Morgan fingerprint density at radius 1 is 1.61 bits per heavy atom. The summed E-state index contributed by atoms with van der Waals surface area (Å²) in [5, 5.41) is 11.3. The lowest BCUT2D eigenvalue weighted by atomic mass is 10.1. The number of hydrogen-bond acceptors (Lipinski definition) is 3. The molecule has 1 rings (SSSR count). The molecule has 0 saturated heterocycles. The standard InChI is InChI=1S/C13H15FN2OS/c1-9(8-18-2)13(17)16-7-11-4-3-10(6-15)5-12(11)14/h3-5,9H,7-8H2,1-2H3,(H,16,17). The predicted octanol–water partition coefficient (Wildman–Crippen LogP) is 2.31. The number of carbonyl (C=O) groups is 1. The van der Waals surface area contributed by atoms with Crippen molar-refractivity contribution in [1.29, 1.82) is 5.26 Å². The number of nitrogens with one attached hydrogen (secondary N) is 1. The highest BCUT2D eigenvalue weighted by atomic mass is 32.2. The first-order chi connectivity index (χ1) is 8.58. The number of carbonyl (C=O) groups excluding carboxylic acids is 1. The molecule has 0 aliphatic carbocycles. The van der Waals surface area contributed by atoms with Gasteiger partial charge in [-0.25, -0.2) is 4.39 Å². The second kappa shape index (κ2) is 7.02. The minimum atomic E-state index is -0.466. The van der Waals surface area contributed by atoms with Crippen molar-refractivity contribution in [3.8, 4) is 6.07 Å². The smallest absolute Gasteiger partial charge is 0.223 e. The Hall–Kier alpha value is -1.54. The summed E-state index contributed by atoms with van der Waals surface area (Å²) in [5.74, 6) is 0.0863. The molecule has 1 amide bonds. The van der Waals surface area contributed by atoms with Crippen LogP contribution in [-0.4, -0.2) is 17.9 Å². The molecule has 1 unspecified atom stereocenters. The zero-order valence-corrected chi connectivity index (χ0v) is 11.2. The number of nitriles is 1. The number of amides is 1. The Balaban J connectivity index is 2.59. The van der Waals surface area contributed by atoms with Gasteiger partial charge < -0.3 is 5.32 Å². The average molecular weight is 266 g/mol. The van der Waals surface area contributed by atoms with Crippen LogP contribution >= 0.6 is 11.8 Å². The second-order valence-electron chi connectivity index (χ2n) is 3.99. The van der Waals surface area contributed by atoms with Gasteiger partial charge >= 0.3 is 0 Å². The molecule has 3 nitrogen and oxygen atoms in total. The van der Waals surface area contributed by atoms with Gasteiger partial charge in [0, 0.05) is 23.8 Å². The monoisotopic (exact) mass is 266 g/mol. The Morgan fingerprint density at radius 3 is 2.89 bits per heavy atom. The highest BCUT2D eigenvalue weighted by Gasteiger charge is 2.12. The van der Waals surface area contributed by atoms with Crippen LogP contribution in [0.5, 0.6) is 0 Å². The minimum absolute atomic E-state index is 0.0897. The number of benzene rings is 1. The Bertz CT molecular complexity index is 471. The van der Waals surface area contributed by atoms with Gasteiger partial charge in [-0.15, -0.1) is 0 Å². The summed E-state index contributed by atoms with van der Waals surface area (Å²) in [5.41, 5.74) is 0.664. The van der Waals surface area contributed by atoms with Crippen molar-refractivity contribution < 1.29 is 9.18 Å². The summed E-state index contributed by atoms with van der Waals surface area (Å²) in [6.07, 6.45) is 1.93. The highest BCUT2D eigenvalue weighted by molar-refractivity contribution is 7.98. The van der Waals surface area contributed by atoms with Crippen LogP contribution in [0.4, 0.5) is 4.39 Å². The molecule has 1 atom stereocenters. The molecule has 1 aromatic rings. The lowest BCUT2D eigenvalue weighted by Crippen LogP contribution is -2.30. The van der Waals surface area contributed by atoms with Gasteiger partial charge in [0.05, 0.1) is 11.6 Å². The fourth-order valence-corrected chi connectivity index (χ4v) is 2.09. The van der Waals surface area contributed by atoms with Gasteiger partial charge in [0.25, 0.3) is 0 Å². The van der Waals surface area contributed by atoms with Crippen molar-refractivity contribution in [3.63, 3.8) is 0 Å². The van der Waals surface area contributed by atoms with Gasteiger partial charge in [0.15, 0.2) is 0 Å². The van der Waals surface area contributed by atoms with E-state index in [9.17, 15) is 9.18 Å². The summed E-state index contributed by atoms with van der Waals surface area (Å²) in [6.45, 7) is 1.98. The Labute approximate surface area is 110 Å². The van der Waals surface area contributed by atoms with Crippen molar-refractivity contribution in [2.24, 2.45) is 5.92 Å². The van der Waals surface area contributed by atoms with Crippen LogP contribution in [0.25, 0.3) is 0 Å². The summed E-state index contributed by atoms with van der Waals surface area (Å²) in [4.78, 5) is 11.6. The van der Waals surface area contributed by atoms with Crippen LogP contribution in [0.15, 0.2) is 18.2 Å². The molecule has 0 aliphatic rings. The maximum atomic E-state index is 13.5. The van der Waals surface area contributed by atoms with Crippen molar-refractivity contribution >= 4 is 17.7 Å². The molecule has 0 saturated carbocycles. The van der Waals surface area contributed by atoms with Gasteiger partial charge in [-0.2, -0.15) is 17.0 Å². The van der Waals surface area contributed by atoms with Crippen molar-refractivity contribution in [2.75, 3.05) is 12.0 Å². The van der Waals surface area contributed by atoms with E-state index in [1.165, 1.54) is 18.2 Å². The van der Waals surface area contributed by atoms with E-state index in [0.29, 0.717) is 5.56 Å². The lowest BCUT2D eigenvalue weighted by Gasteiger charge is -2.11. The third-order valence-corrected chi connectivity index (χ3v) is 3.33. The third kappa shape index (κ3) is 4.04. The molecule has 18 heavy (non-hydrogen) atoms. The number of rotatable bonds is 5. The predicted molar refractivity (Wildman–Crippen MR) is 70.5 cm³/mol. The molecule has 5 heteroatoms. The first-order valence-corrected chi connectivity index (χ1v) is 6.93. The number of nitrogens with zero attached hydrogens (tertiary/aromatic N) is 1. The van der Waals surface area contributed by atoms with Crippen LogP contribution in [0.1, 0.15) is 18.1 Å². The van der Waals surface area contributed by atoms with E-state index in [0.717, 1.165) is 5.75 Å². The quantitative estimate of drug-likeness (QED) is 0.889. The van der Waals surface area contributed by atoms with E-state index in [4.69, 9.17) is 5.26 Å². The lowest BCUT2D eigenvalue weighted by molar-refractivity contribution is -0.124. The molecule has 0 bridgehead atoms. The van der Waals surface area contributed by atoms with Crippen molar-refractivity contribution in [1.82, 2.24) is 5.32 Å². The highest BCUT2D eigenvalue weighted by Crippen LogP contribution is 2.10. The molecule has 0 aliphatic heterocycles. The zero-order valence-electron chi connectivity index (χ0n) is 10.4. The van der Waals surface area contributed by atoms with Crippen LogP contribution in [0.2, 0.25) is 0 Å². The Kier molecular flexibility index (Phi) is 5.66. The average Bonchev–Trinajstić information content (AvgIpc) is 2.37. The van der Waals surface area contributed by atoms with Crippen LogP contribution in [0, 0.1) is 23.1 Å². The Morgan fingerprint density at radius 2 is 2.33 bits per heavy atom. The number of hydrogen-bond donors (Lipinski definition) is 1. The van der Waals surface area contributed by atoms with E-state index in [1.54, 1.807) is 11.8 Å².